The maximum absolute atomic E-state index is 10.4. The average molecular weight is 228 g/mol. The smallest absolute Gasteiger partial charge is 0.0771 e. The van der Waals surface area contributed by atoms with Crippen molar-refractivity contribution < 1.29 is 5.11 Å². The molecule has 3 heteroatoms. The molecule has 96 valence electrons. The summed E-state index contributed by atoms with van der Waals surface area (Å²) in [6.07, 6.45) is 5.61. The second kappa shape index (κ2) is 6.58. The second-order valence-electron chi connectivity index (χ2n) is 5.56. The van der Waals surface area contributed by atoms with Crippen LogP contribution in [0.2, 0.25) is 0 Å². The summed E-state index contributed by atoms with van der Waals surface area (Å²) in [6.45, 7) is 5.02. The first kappa shape index (κ1) is 13.9. The van der Waals surface area contributed by atoms with Crippen molar-refractivity contribution in [3.8, 4) is 0 Å². The third kappa shape index (κ3) is 4.81. The van der Waals surface area contributed by atoms with Crippen LogP contribution in [0.15, 0.2) is 0 Å². The fourth-order valence-electron chi connectivity index (χ4n) is 2.42. The number of nitrogens with one attached hydrogen (secondary N) is 1. The van der Waals surface area contributed by atoms with E-state index >= 15 is 0 Å². The van der Waals surface area contributed by atoms with Gasteiger partial charge in [0.25, 0.3) is 0 Å². The van der Waals surface area contributed by atoms with Crippen molar-refractivity contribution >= 4 is 0 Å². The first-order chi connectivity index (χ1) is 7.56. The van der Waals surface area contributed by atoms with Crippen molar-refractivity contribution in [2.75, 3.05) is 33.7 Å². The number of nitrogens with zero attached hydrogens (tertiary/aromatic N) is 1. The number of aliphatic hydroxyl groups is 1. The molecular weight excluding hydrogens is 200 g/mol. The predicted octanol–water partition coefficient (Wildman–Crippen LogP) is 1.47. The molecule has 0 heterocycles. The highest BCUT2D eigenvalue weighted by Gasteiger charge is 2.31. The second-order valence-corrected chi connectivity index (χ2v) is 5.56. The van der Waals surface area contributed by atoms with Crippen LogP contribution in [0.3, 0.4) is 0 Å². The van der Waals surface area contributed by atoms with Gasteiger partial charge in [-0.3, -0.25) is 0 Å². The van der Waals surface area contributed by atoms with E-state index in [1.807, 2.05) is 0 Å². The molecule has 16 heavy (non-hydrogen) atoms. The summed E-state index contributed by atoms with van der Waals surface area (Å²) < 4.78 is 0. The third-order valence-corrected chi connectivity index (χ3v) is 3.80. The van der Waals surface area contributed by atoms with Crippen LogP contribution < -0.4 is 5.32 Å². The van der Waals surface area contributed by atoms with Gasteiger partial charge >= 0.3 is 0 Å². The topological polar surface area (TPSA) is 35.5 Å². The quantitative estimate of drug-likeness (QED) is 0.676. The molecule has 1 fully saturated rings. The lowest BCUT2D eigenvalue weighted by Gasteiger charge is -2.36. The van der Waals surface area contributed by atoms with Crippen molar-refractivity contribution in [1.29, 1.82) is 0 Å². The Morgan fingerprint density at radius 2 is 1.94 bits per heavy atom. The summed E-state index contributed by atoms with van der Waals surface area (Å²) in [4.78, 5) is 2.16. The van der Waals surface area contributed by atoms with E-state index in [9.17, 15) is 5.11 Å². The fourth-order valence-corrected chi connectivity index (χ4v) is 2.42. The van der Waals surface area contributed by atoms with Crippen molar-refractivity contribution in [1.82, 2.24) is 10.2 Å². The maximum atomic E-state index is 10.4. The number of likely N-dealkylation sites (N-methyl/N-ethyl adjacent to an activating group) is 1. The van der Waals surface area contributed by atoms with Crippen LogP contribution in [0.1, 0.15) is 39.0 Å². The van der Waals surface area contributed by atoms with Crippen LogP contribution in [0.4, 0.5) is 0 Å². The van der Waals surface area contributed by atoms with Crippen LogP contribution in [-0.4, -0.2) is 49.3 Å². The van der Waals surface area contributed by atoms with E-state index in [1.165, 1.54) is 19.3 Å². The van der Waals surface area contributed by atoms with Crippen LogP contribution in [-0.2, 0) is 0 Å². The predicted molar refractivity (Wildman–Crippen MR) is 68.6 cm³/mol. The minimum absolute atomic E-state index is 0.433. The summed E-state index contributed by atoms with van der Waals surface area (Å²) in [7, 11) is 4.14. The lowest BCUT2D eigenvalue weighted by Crippen LogP contribution is -2.44. The molecule has 3 nitrogen and oxygen atoms in total. The molecule has 1 aliphatic carbocycles. The molecule has 0 aromatic rings. The SMILES string of the molecule is CCC1CCC(O)(CNCCN(C)C)CC1. The lowest BCUT2D eigenvalue weighted by molar-refractivity contribution is -0.00861. The number of rotatable bonds is 6. The molecule has 0 aromatic carbocycles. The van der Waals surface area contributed by atoms with Crippen molar-refractivity contribution in [3.05, 3.63) is 0 Å². The zero-order valence-electron chi connectivity index (χ0n) is 11.1. The first-order valence-electron chi connectivity index (χ1n) is 6.63. The van der Waals surface area contributed by atoms with E-state index in [-0.39, 0.29) is 0 Å². The van der Waals surface area contributed by atoms with Gasteiger partial charge in [-0.05, 0) is 45.7 Å². The molecule has 2 N–H and O–H groups in total. The standard InChI is InChI=1S/C13H28N2O/c1-4-12-5-7-13(16,8-6-12)11-14-9-10-15(2)3/h12,14,16H,4-11H2,1-3H3. The summed E-state index contributed by atoms with van der Waals surface area (Å²) in [5.74, 6) is 0.849. The van der Waals surface area contributed by atoms with E-state index in [0.717, 1.165) is 38.4 Å². The zero-order valence-corrected chi connectivity index (χ0v) is 11.1. The molecule has 0 spiro atoms. The molecule has 0 saturated heterocycles. The largest absolute Gasteiger partial charge is 0.389 e. The molecule has 0 radical (unpaired) electrons. The molecule has 0 aromatic heterocycles. The van der Waals surface area contributed by atoms with E-state index in [2.05, 4.69) is 31.2 Å². The summed E-state index contributed by atoms with van der Waals surface area (Å²) in [6, 6.07) is 0. The van der Waals surface area contributed by atoms with Gasteiger partial charge in [0.1, 0.15) is 0 Å². The van der Waals surface area contributed by atoms with Gasteiger partial charge < -0.3 is 15.3 Å². The Hall–Kier alpha value is -0.120. The molecule has 1 saturated carbocycles. The molecule has 0 bridgehead atoms. The third-order valence-electron chi connectivity index (χ3n) is 3.80. The van der Waals surface area contributed by atoms with Crippen LogP contribution in [0.5, 0.6) is 0 Å². The van der Waals surface area contributed by atoms with Crippen LogP contribution >= 0.6 is 0 Å². The highest BCUT2D eigenvalue weighted by molar-refractivity contribution is 4.87. The Bertz CT molecular complexity index is 186. The Labute approximate surface area is 100 Å². The van der Waals surface area contributed by atoms with Gasteiger partial charge in [-0.2, -0.15) is 0 Å². The molecular formula is C13H28N2O. The highest BCUT2D eigenvalue weighted by atomic mass is 16.3. The Morgan fingerprint density at radius 3 is 2.44 bits per heavy atom. The minimum atomic E-state index is -0.433. The molecule has 0 unspecified atom stereocenters. The van der Waals surface area contributed by atoms with Gasteiger partial charge in [-0.25, -0.2) is 0 Å². The van der Waals surface area contributed by atoms with Crippen molar-refractivity contribution in [2.45, 2.75) is 44.6 Å². The fraction of sp³-hybridized carbons (Fsp3) is 1.00. The Balaban J connectivity index is 2.16. The molecule has 0 aliphatic heterocycles. The summed E-state index contributed by atoms with van der Waals surface area (Å²) in [5.41, 5.74) is -0.433. The molecule has 1 rings (SSSR count). The van der Waals surface area contributed by atoms with Crippen molar-refractivity contribution in [3.63, 3.8) is 0 Å². The van der Waals surface area contributed by atoms with E-state index in [4.69, 9.17) is 0 Å². The number of hydrogen-bond acceptors (Lipinski definition) is 3. The normalized spacial score (nSPS) is 30.9. The number of hydrogen-bond donors (Lipinski definition) is 2. The maximum Gasteiger partial charge on any atom is 0.0771 e. The van der Waals surface area contributed by atoms with Crippen LogP contribution in [0, 0.1) is 5.92 Å². The average Bonchev–Trinajstić information content (AvgIpc) is 2.26. The molecule has 0 amide bonds. The minimum Gasteiger partial charge on any atom is -0.389 e. The van der Waals surface area contributed by atoms with Gasteiger partial charge in [-0.1, -0.05) is 13.3 Å². The van der Waals surface area contributed by atoms with Gasteiger partial charge in [0, 0.05) is 19.6 Å². The lowest BCUT2D eigenvalue weighted by atomic mass is 9.78. The van der Waals surface area contributed by atoms with E-state index in [0.29, 0.717) is 0 Å². The first-order valence-corrected chi connectivity index (χ1v) is 6.63. The van der Waals surface area contributed by atoms with Gasteiger partial charge in [0.05, 0.1) is 5.60 Å². The van der Waals surface area contributed by atoms with Gasteiger partial charge in [0.2, 0.25) is 0 Å². The Kier molecular flexibility index (Phi) is 5.73. The summed E-state index contributed by atoms with van der Waals surface area (Å²) >= 11 is 0. The van der Waals surface area contributed by atoms with Gasteiger partial charge in [0.15, 0.2) is 0 Å². The van der Waals surface area contributed by atoms with E-state index in [1.54, 1.807) is 0 Å². The molecule has 1 aliphatic rings. The van der Waals surface area contributed by atoms with E-state index < -0.39 is 5.60 Å². The van der Waals surface area contributed by atoms with Crippen molar-refractivity contribution in [2.24, 2.45) is 5.92 Å². The monoisotopic (exact) mass is 228 g/mol. The van der Waals surface area contributed by atoms with Crippen LogP contribution in [0.25, 0.3) is 0 Å². The highest BCUT2D eigenvalue weighted by Crippen LogP contribution is 2.33. The zero-order chi connectivity index (χ0) is 12.0. The Morgan fingerprint density at radius 1 is 1.31 bits per heavy atom. The van der Waals surface area contributed by atoms with Gasteiger partial charge in [-0.15, -0.1) is 0 Å². The molecule has 0 atom stereocenters. The summed E-state index contributed by atoms with van der Waals surface area (Å²) in [5, 5.41) is 13.7.